The van der Waals surface area contributed by atoms with Crippen LogP contribution in [-0.2, 0) is 6.54 Å². The van der Waals surface area contributed by atoms with Gasteiger partial charge in [0.2, 0.25) is 12.3 Å². The van der Waals surface area contributed by atoms with Crippen molar-refractivity contribution >= 4 is 52.2 Å². The van der Waals surface area contributed by atoms with Crippen LogP contribution in [0.2, 0.25) is 0 Å². The third-order valence-electron chi connectivity index (χ3n) is 9.49. The maximum atomic E-state index is 15.4. The molecule has 5 aromatic carbocycles. The highest BCUT2D eigenvalue weighted by atomic mass is 32.1. The summed E-state index contributed by atoms with van der Waals surface area (Å²) in [6, 6.07) is 12.6. The Bertz CT molecular complexity index is 2500. The molecule has 0 N–H and O–H groups in total. The van der Waals surface area contributed by atoms with Crippen molar-refractivity contribution in [3.05, 3.63) is 182 Å². The summed E-state index contributed by atoms with van der Waals surface area (Å²) in [5, 5.41) is 0. The second-order valence-electron chi connectivity index (χ2n) is 12.9. The first-order chi connectivity index (χ1) is 29.9. The minimum absolute atomic E-state index is 0.0233. The topological polar surface area (TPSA) is 38.0 Å². The van der Waals surface area contributed by atoms with E-state index in [1.54, 1.807) is 41.2 Å². The van der Waals surface area contributed by atoms with Gasteiger partial charge in [-0.25, -0.2) is 87.8 Å². The number of aromatic nitrogens is 1. The normalized spacial score (nSPS) is 11.5. The maximum Gasteiger partial charge on any atom is 0.227 e. The molecule has 1 aromatic heterocycles. The number of hydrogen-bond donors (Lipinski definition) is 1. The summed E-state index contributed by atoms with van der Waals surface area (Å²) in [7, 11) is 0. The van der Waals surface area contributed by atoms with Crippen molar-refractivity contribution in [2.24, 2.45) is 0 Å². The summed E-state index contributed by atoms with van der Waals surface area (Å²) in [6.45, 7) is 0.263. The number of carbonyl (C=O) groups is 2. The largest absolute Gasteiger partial charge is 0.293 e. The van der Waals surface area contributed by atoms with E-state index in [9.17, 15) is 62.3 Å². The van der Waals surface area contributed by atoms with Crippen LogP contribution in [0.3, 0.4) is 0 Å². The van der Waals surface area contributed by atoms with E-state index in [0.717, 1.165) is 0 Å². The van der Waals surface area contributed by atoms with Gasteiger partial charge in [0.1, 0.15) is 52.7 Å². The average molecular weight is 951 g/mol. The third-order valence-corrected chi connectivity index (χ3v) is 9.77. The number of thiol groups is 1. The number of Topliss-reactive ketones (excluding diaryl/α,β-unsaturated/α-hetero) is 2. The summed E-state index contributed by atoms with van der Waals surface area (Å²) < 4.78 is 296. The first kappa shape index (κ1) is 48.6. The zero-order valence-electron chi connectivity index (χ0n) is 30.5. The minimum Gasteiger partial charge on any atom is -0.293 e. The molecule has 0 saturated heterocycles. The standard InChI is InChI=1S/C24BF20.C15H13NO2S/c26-5-1(6(27)14(35)21(42)13(5)34)25(2-7(28)15(36)22(43)16(37)8(2)29,3-9(30)17(38)23(44)18(39)10(3)31)4-11(32)19(40)24(45)20(41)12(4)33;17-14(12-4-2-1-3-5-12)10-16-8-6-13(7-9-16)15(18)11-19/h;1-9H,10-11H2/q-1;/p+1. The molecule has 64 heavy (non-hydrogen) atoms. The highest BCUT2D eigenvalue weighted by Gasteiger charge is 2.52. The molecule has 25 heteroatoms. The Hall–Kier alpha value is -6.40. The Kier molecular flexibility index (Phi) is 14.0. The summed E-state index contributed by atoms with van der Waals surface area (Å²) in [4.78, 5) is 23.4. The predicted octanol–water partition coefficient (Wildman–Crippen LogP) is 7.82. The predicted molar refractivity (Wildman–Crippen MR) is 185 cm³/mol. The number of ketones is 2. The van der Waals surface area contributed by atoms with Gasteiger partial charge in [-0.1, -0.05) is 30.3 Å². The Balaban J connectivity index is 0.000000337. The van der Waals surface area contributed by atoms with E-state index in [2.05, 4.69) is 12.6 Å². The van der Waals surface area contributed by atoms with Crippen molar-refractivity contribution in [2.75, 3.05) is 5.75 Å². The van der Waals surface area contributed by atoms with Gasteiger partial charge in [-0.3, -0.25) is 9.59 Å². The number of pyridine rings is 1. The smallest absolute Gasteiger partial charge is 0.227 e. The van der Waals surface area contributed by atoms with Crippen LogP contribution in [0.4, 0.5) is 87.8 Å². The van der Waals surface area contributed by atoms with Crippen LogP contribution in [0.1, 0.15) is 20.7 Å². The van der Waals surface area contributed by atoms with E-state index in [4.69, 9.17) is 0 Å². The van der Waals surface area contributed by atoms with Crippen molar-refractivity contribution in [3.8, 4) is 0 Å². The Morgan fingerprint density at radius 1 is 0.359 bits per heavy atom. The van der Waals surface area contributed by atoms with Gasteiger partial charge in [0, 0.05) is 23.3 Å². The van der Waals surface area contributed by atoms with Crippen molar-refractivity contribution in [3.63, 3.8) is 0 Å². The van der Waals surface area contributed by atoms with Gasteiger partial charge in [0.05, 0.1) is 5.75 Å². The molecule has 0 unspecified atom stereocenters. The molecule has 0 amide bonds. The highest BCUT2D eigenvalue weighted by molar-refractivity contribution is 7.81. The number of halogens is 20. The lowest BCUT2D eigenvalue weighted by atomic mass is 9.12. The molecule has 0 spiro atoms. The maximum absolute atomic E-state index is 15.4. The van der Waals surface area contributed by atoms with Gasteiger partial charge < -0.3 is 0 Å². The second-order valence-corrected chi connectivity index (χ2v) is 13.2. The van der Waals surface area contributed by atoms with E-state index in [1.165, 1.54) is 0 Å². The van der Waals surface area contributed by atoms with Crippen molar-refractivity contribution < 1.29 is 102 Å². The fraction of sp³-hybridized carbons (Fsp3) is 0.0513. The second kappa shape index (κ2) is 18.4. The summed E-state index contributed by atoms with van der Waals surface area (Å²) in [5.74, 6) is -71.2. The first-order valence-corrected chi connectivity index (χ1v) is 17.5. The highest BCUT2D eigenvalue weighted by Crippen LogP contribution is 2.30. The molecule has 336 valence electrons. The van der Waals surface area contributed by atoms with E-state index < -0.39 is 144 Å². The third kappa shape index (κ3) is 7.82. The molecule has 6 aromatic rings. The lowest BCUT2D eigenvalue weighted by Crippen LogP contribution is -2.81. The SMILES string of the molecule is Fc1c(F)c(F)c([B-](c2c(F)c(F)c(F)c(F)c2F)(c2c(F)c(F)c(F)c(F)c2F)c2c(F)c(F)c(F)c(F)c2F)c(F)c1F.O=C(CS)c1cc[n+](CC(=O)c2ccccc2)cc1. The van der Waals surface area contributed by atoms with Gasteiger partial charge >= 0.3 is 0 Å². The van der Waals surface area contributed by atoms with Crippen molar-refractivity contribution in [1.29, 1.82) is 0 Å². The van der Waals surface area contributed by atoms with E-state index in [-0.39, 0.29) is 23.9 Å². The number of benzene rings is 5. The molecule has 0 saturated carbocycles. The first-order valence-electron chi connectivity index (χ1n) is 16.9. The lowest BCUT2D eigenvalue weighted by molar-refractivity contribution is -0.683. The summed E-state index contributed by atoms with van der Waals surface area (Å²) in [6.07, 6.45) is -3.75. The molecule has 1 heterocycles. The zero-order chi connectivity index (χ0) is 48.0. The molecule has 0 aliphatic heterocycles. The van der Waals surface area contributed by atoms with Crippen LogP contribution in [0, 0.1) is 116 Å². The van der Waals surface area contributed by atoms with Crippen molar-refractivity contribution in [2.45, 2.75) is 6.54 Å². The minimum atomic E-state index is -7.22. The number of nitrogens with zero attached hydrogens (tertiary/aromatic N) is 1. The Labute approximate surface area is 348 Å². The Morgan fingerprint density at radius 2 is 0.594 bits per heavy atom. The Morgan fingerprint density at radius 3 is 0.844 bits per heavy atom. The number of hydrogen-bond acceptors (Lipinski definition) is 3. The van der Waals surface area contributed by atoms with Crippen LogP contribution >= 0.6 is 12.6 Å². The van der Waals surface area contributed by atoms with Gasteiger partial charge in [0.25, 0.3) is 0 Å². The molecule has 0 bridgehead atoms. The van der Waals surface area contributed by atoms with Gasteiger partial charge in [-0.2, -0.15) is 17.2 Å². The molecular weight excluding hydrogens is 937 g/mol. The van der Waals surface area contributed by atoms with Crippen LogP contribution in [0.25, 0.3) is 0 Å². The van der Waals surface area contributed by atoms with Crippen LogP contribution in [-0.4, -0.2) is 23.5 Å². The molecule has 0 atom stereocenters. The molecule has 3 nitrogen and oxygen atoms in total. The fourth-order valence-corrected chi connectivity index (χ4v) is 6.78. The zero-order valence-corrected chi connectivity index (χ0v) is 31.4. The van der Waals surface area contributed by atoms with Crippen LogP contribution < -0.4 is 26.4 Å². The lowest BCUT2D eigenvalue weighted by Gasteiger charge is -2.44. The van der Waals surface area contributed by atoms with Crippen LogP contribution in [0.5, 0.6) is 0 Å². The molecule has 6 rings (SSSR count). The quantitative estimate of drug-likeness (QED) is 0.0306. The molecular formula is C39H14BF20NO2S. The molecule has 0 aliphatic rings. The molecule has 0 fully saturated rings. The van der Waals surface area contributed by atoms with Gasteiger partial charge in [-0.15, -0.1) is 21.9 Å². The van der Waals surface area contributed by atoms with E-state index >= 15 is 35.1 Å². The summed E-state index contributed by atoms with van der Waals surface area (Å²) in [5.41, 5.74) is -13.0. The van der Waals surface area contributed by atoms with Crippen molar-refractivity contribution in [1.82, 2.24) is 0 Å². The summed E-state index contributed by atoms with van der Waals surface area (Å²) >= 11 is 3.95. The van der Waals surface area contributed by atoms with E-state index in [1.807, 2.05) is 18.2 Å². The molecule has 0 aliphatic carbocycles. The monoisotopic (exact) mass is 951 g/mol. The van der Waals surface area contributed by atoms with Crippen LogP contribution in [0.15, 0.2) is 54.9 Å². The molecule has 0 radical (unpaired) electrons. The van der Waals surface area contributed by atoms with E-state index in [0.29, 0.717) is 11.1 Å². The average Bonchev–Trinajstić information content (AvgIpc) is 3.29. The van der Waals surface area contributed by atoms with Gasteiger partial charge in [0.15, 0.2) is 88.0 Å². The number of rotatable bonds is 9. The fourth-order valence-electron chi connectivity index (χ4n) is 6.60. The van der Waals surface area contributed by atoms with Gasteiger partial charge in [-0.05, 0) is 0 Å². The number of carbonyl (C=O) groups excluding carboxylic acids is 2.